The van der Waals surface area contributed by atoms with Crippen LogP contribution in [0, 0.1) is 0 Å². The first kappa shape index (κ1) is 12.5. The molecule has 4 heteroatoms. The lowest BCUT2D eigenvalue weighted by Gasteiger charge is -2.19. The summed E-state index contributed by atoms with van der Waals surface area (Å²) in [5.41, 5.74) is 0. The molecule has 0 saturated carbocycles. The second kappa shape index (κ2) is 7.68. The van der Waals surface area contributed by atoms with E-state index in [2.05, 4.69) is 0 Å². The lowest BCUT2D eigenvalue weighted by molar-refractivity contribution is 0.0356. The Morgan fingerprint density at radius 1 is 1.47 bits per heavy atom. The third kappa shape index (κ3) is 5.16. The van der Waals surface area contributed by atoms with Crippen molar-refractivity contribution in [3.8, 4) is 0 Å². The van der Waals surface area contributed by atoms with Crippen molar-refractivity contribution in [3.05, 3.63) is 11.8 Å². The molecular weight excluding hydrogens is 196 g/mol. The van der Waals surface area contributed by atoms with Crippen molar-refractivity contribution >= 4 is 0 Å². The van der Waals surface area contributed by atoms with Crippen LogP contribution in [-0.2, 0) is 14.2 Å². The molecule has 1 N–H and O–H groups in total. The fourth-order valence-electron chi connectivity index (χ4n) is 1.39. The molecule has 0 aromatic rings. The molecule has 0 fully saturated rings. The van der Waals surface area contributed by atoms with E-state index in [1.807, 2.05) is 6.08 Å². The summed E-state index contributed by atoms with van der Waals surface area (Å²) in [4.78, 5) is 0. The fraction of sp³-hybridized carbons (Fsp3) is 0.818. The monoisotopic (exact) mass is 216 g/mol. The molecule has 1 rings (SSSR count). The van der Waals surface area contributed by atoms with Gasteiger partial charge >= 0.3 is 0 Å². The van der Waals surface area contributed by atoms with Crippen LogP contribution in [-0.4, -0.2) is 44.7 Å². The van der Waals surface area contributed by atoms with Crippen LogP contribution in [0.1, 0.15) is 19.3 Å². The van der Waals surface area contributed by atoms with Crippen LogP contribution >= 0.6 is 0 Å². The van der Waals surface area contributed by atoms with Gasteiger partial charge < -0.3 is 19.3 Å². The lowest BCUT2D eigenvalue weighted by atomic mass is 10.1. The maximum atomic E-state index is 9.73. The molecule has 0 aromatic heterocycles. The number of aliphatic hydroxyl groups is 1. The number of hydrogen-bond acceptors (Lipinski definition) is 4. The number of rotatable bonds is 7. The van der Waals surface area contributed by atoms with Crippen molar-refractivity contribution < 1.29 is 19.3 Å². The molecule has 0 bridgehead atoms. The summed E-state index contributed by atoms with van der Waals surface area (Å²) in [6.45, 7) is 2.41. The van der Waals surface area contributed by atoms with Gasteiger partial charge in [-0.05, 0) is 18.9 Å². The zero-order valence-electron chi connectivity index (χ0n) is 9.28. The highest BCUT2D eigenvalue weighted by Gasteiger charge is 2.14. The van der Waals surface area contributed by atoms with E-state index in [0.717, 1.165) is 12.8 Å². The van der Waals surface area contributed by atoms with Crippen LogP contribution in [0.4, 0.5) is 0 Å². The second-order valence-corrected chi connectivity index (χ2v) is 3.51. The summed E-state index contributed by atoms with van der Waals surface area (Å²) in [6, 6.07) is 0. The quantitative estimate of drug-likeness (QED) is 0.647. The Morgan fingerprint density at radius 3 is 3.00 bits per heavy atom. The van der Waals surface area contributed by atoms with E-state index in [9.17, 15) is 5.11 Å². The molecule has 0 radical (unpaired) electrons. The topological polar surface area (TPSA) is 47.9 Å². The number of aliphatic hydroxyl groups excluding tert-OH is 1. The van der Waals surface area contributed by atoms with Gasteiger partial charge in [0.2, 0.25) is 0 Å². The van der Waals surface area contributed by atoms with Crippen LogP contribution in [0.25, 0.3) is 0 Å². The molecule has 88 valence electrons. The summed E-state index contributed by atoms with van der Waals surface area (Å²) in [7, 11) is 1.64. The zero-order valence-corrected chi connectivity index (χ0v) is 9.28. The predicted octanol–water partition coefficient (Wildman–Crippen LogP) is 1.09. The highest BCUT2D eigenvalue weighted by molar-refractivity contribution is 5.01. The normalized spacial score (nSPS) is 18.1. The maximum Gasteiger partial charge on any atom is 0.121 e. The van der Waals surface area contributed by atoms with E-state index in [4.69, 9.17) is 14.2 Å². The van der Waals surface area contributed by atoms with Crippen molar-refractivity contribution in [1.29, 1.82) is 0 Å². The summed E-state index contributed by atoms with van der Waals surface area (Å²) < 4.78 is 15.5. The van der Waals surface area contributed by atoms with Gasteiger partial charge in [-0.1, -0.05) is 0 Å². The van der Waals surface area contributed by atoms with Crippen LogP contribution in [0.5, 0.6) is 0 Å². The Labute approximate surface area is 90.8 Å². The lowest BCUT2D eigenvalue weighted by Crippen LogP contribution is -2.18. The molecule has 0 saturated heterocycles. The van der Waals surface area contributed by atoms with Crippen molar-refractivity contribution in [2.75, 3.05) is 33.5 Å². The minimum Gasteiger partial charge on any atom is -0.496 e. The van der Waals surface area contributed by atoms with E-state index in [0.29, 0.717) is 38.6 Å². The summed E-state index contributed by atoms with van der Waals surface area (Å²) >= 11 is 0. The van der Waals surface area contributed by atoms with Crippen molar-refractivity contribution in [3.63, 3.8) is 0 Å². The van der Waals surface area contributed by atoms with E-state index < -0.39 is 6.10 Å². The maximum absolute atomic E-state index is 9.73. The van der Waals surface area contributed by atoms with Gasteiger partial charge in [0.1, 0.15) is 11.9 Å². The molecule has 1 heterocycles. The average Bonchev–Trinajstić information content (AvgIpc) is 2.30. The first-order valence-corrected chi connectivity index (χ1v) is 5.42. The van der Waals surface area contributed by atoms with Crippen molar-refractivity contribution in [2.24, 2.45) is 0 Å². The Hall–Kier alpha value is -0.580. The molecule has 0 aromatic carbocycles. The zero-order chi connectivity index (χ0) is 10.9. The van der Waals surface area contributed by atoms with E-state index >= 15 is 0 Å². The molecule has 1 atom stereocenters. The second-order valence-electron chi connectivity index (χ2n) is 3.51. The first-order chi connectivity index (χ1) is 7.34. The van der Waals surface area contributed by atoms with Gasteiger partial charge in [-0.3, -0.25) is 0 Å². The summed E-state index contributed by atoms with van der Waals surface area (Å²) in [5.74, 6) is 0.705. The first-order valence-electron chi connectivity index (χ1n) is 5.42. The van der Waals surface area contributed by atoms with Crippen LogP contribution in [0.3, 0.4) is 0 Å². The predicted molar refractivity (Wildman–Crippen MR) is 56.6 cm³/mol. The smallest absolute Gasteiger partial charge is 0.121 e. The Bertz CT molecular complexity index is 191. The molecule has 1 unspecified atom stereocenters. The highest BCUT2D eigenvalue weighted by Crippen LogP contribution is 2.15. The Balaban J connectivity index is 2.07. The van der Waals surface area contributed by atoms with E-state index in [-0.39, 0.29) is 0 Å². The van der Waals surface area contributed by atoms with Gasteiger partial charge in [0.15, 0.2) is 0 Å². The van der Waals surface area contributed by atoms with Gasteiger partial charge in [-0.25, -0.2) is 0 Å². The molecular formula is C11H20O4. The van der Waals surface area contributed by atoms with Gasteiger partial charge in [-0.15, -0.1) is 0 Å². The molecule has 1 aliphatic rings. The summed E-state index contributed by atoms with van der Waals surface area (Å²) in [6.07, 6.45) is 4.06. The van der Waals surface area contributed by atoms with Gasteiger partial charge in [0, 0.05) is 20.1 Å². The number of allylic oxidation sites excluding steroid dienone is 1. The number of hydrogen-bond donors (Lipinski definition) is 1. The Kier molecular flexibility index (Phi) is 6.39. The molecule has 0 amide bonds. The van der Waals surface area contributed by atoms with Crippen LogP contribution in [0.15, 0.2) is 11.8 Å². The van der Waals surface area contributed by atoms with E-state index in [1.54, 1.807) is 7.11 Å². The Morgan fingerprint density at radius 2 is 2.33 bits per heavy atom. The molecule has 0 spiro atoms. The van der Waals surface area contributed by atoms with Gasteiger partial charge in [-0.2, -0.15) is 0 Å². The van der Waals surface area contributed by atoms with Crippen LogP contribution in [0.2, 0.25) is 0 Å². The minimum absolute atomic E-state index is 0.521. The third-order valence-corrected chi connectivity index (χ3v) is 2.26. The van der Waals surface area contributed by atoms with E-state index in [1.165, 1.54) is 0 Å². The SMILES string of the molecule is COCCOCCC(O)C1=CCCCO1. The highest BCUT2D eigenvalue weighted by atomic mass is 16.5. The fourth-order valence-corrected chi connectivity index (χ4v) is 1.39. The standard InChI is InChI=1S/C11H20O4/c1-13-8-9-14-7-5-10(12)11-4-2-3-6-15-11/h4,10,12H,2-3,5-9H2,1H3. The number of ether oxygens (including phenoxy) is 3. The van der Waals surface area contributed by atoms with Crippen molar-refractivity contribution in [2.45, 2.75) is 25.4 Å². The largest absolute Gasteiger partial charge is 0.496 e. The minimum atomic E-state index is -0.521. The average molecular weight is 216 g/mol. The van der Waals surface area contributed by atoms with Crippen LogP contribution < -0.4 is 0 Å². The molecule has 1 aliphatic heterocycles. The third-order valence-electron chi connectivity index (χ3n) is 2.26. The van der Waals surface area contributed by atoms with Gasteiger partial charge in [0.25, 0.3) is 0 Å². The molecule has 4 nitrogen and oxygen atoms in total. The molecule has 0 aliphatic carbocycles. The van der Waals surface area contributed by atoms with Gasteiger partial charge in [0.05, 0.1) is 19.8 Å². The molecule has 15 heavy (non-hydrogen) atoms. The van der Waals surface area contributed by atoms with Crippen molar-refractivity contribution in [1.82, 2.24) is 0 Å². The summed E-state index contributed by atoms with van der Waals surface area (Å²) in [5, 5.41) is 9.73. The number of methoxy groups -OCH3 is 1.